The number of carbonyl (C=O) groups is 1. The van der Waals surface area contributed by atoms with Crippen LogP contribution in [0.25, 0.3) is 0 Å². The molecule has 5 nitrogen and oxygen atoms in total. The summed E-state index contributed by atoms with van der Waals surface area (Å²) in [5, 5.41) is 9.56. The first-order valence-corrected chi connectivity index (χ1v) is 9.92. The molecular weight excluding hydrogens is 362 g/mol. The fourth-order valence-electron chi connectivity index (χ4n) is 3.92. The number of anilines is 1. The Morgan fingerprint density at radius 2 is 1.59 bits per heavy atom. The molecular formula is C24H25N3O2. The lowest BCUT2D eigenvalue weighted by Gasteiger charge is -2.26. The molecule has 1 amide bonds. The van der Waals surface area contributed by atoms with Crippen LogP contribution in [0.15, 0.2) is 79.1 Å². The van der Waals surface area contributed by atoms with Gasteiger partial charge in [0.05, 0.1) is 0 Å². The molecule has 1 N–H and O–H groups in total. The highest BCUT2D eigenvalue weighted by Crippen LogP contribution is 2.26. The SMILES string of the molecule is O=C1CC(CN(Cc2ccncc2)Cc2ccc(O)cc2)CN1c1ccccc1. The maximum absolute atomic E-state index is 12.6. The number of phenols is 1. The average Bonchev–Trinajstić information content (AvgIpc) is 3.11. The summed E-state index contributed by atoms with van der Waals surface area (Å²) < 4.78 is 0. The van der Waals surface area contributed by atoms with E-state index in [0.717, 1.165) is 37.4 Å². The molecule has 1 aromatic heterocycles. The molecule has 29 heavy (non-hydrogen) atoms. The standard InChI is InChI=1S/C24H25N3O2/c28-23-8-6-19(7-9-23)15-26(16-20-10-12-25-13-11-20)17-21-14-24(29)27(18-21)22-4-2-1-3-5-22/h1-13,21,28H,14-18H2. The first-order valence-electron chi connectivity index (χ1n) is 9.92. The van der Waals surface area contributed by atoms with Crippen LogP contribution < -0.4 is 4.90 Å². The Bertz CT molecular complexity index is 929. The Kier molecular flexibility index (Phi) is 5.86. The quantitative estimate of drug-likeness (QED) is 0.669. The number of para-hydroxylation sites is 1. The fraction of sp³-hybridized carbons (Fsp3) is 0.250. The van der Waals surface area contributed by atoms with E-state index in [9.17, 15) is 9.90 Å². The van der Waals surface area contributed by atoms with Crippen molar-refractivity contribution >= 4 is 11.6 Å². The van der Waals surface area contributed by atoms with Crippen molar-refractivity contribution in [3.63, 3.8) is 0 Å². The highest BCUT2D eigenvalue weighted by molar-refractivity contribution is 5.95. The maximum Gasteiger partial charge on any atom is 0.227 e. The van der Waals surface area contributed by atoms with Gasteiger partial charge in [0, 0.05) is 50.7 Å². The van der Waals surface area contributed by atoms with Crippen molar-refractivity contribution in [2.24, 2.45) is 5.92 Å². The second kappa shape index (κ2) is 8.88. The van der Waals surface area contributed by atoms with Crippen molar-refractivity contribution in [1.82, 2.24) is 9.88 Å². The average molecular weight is 387 g/mol. The van der Waals surface area contributed by atoms with Gasteiger partial charge in [-0.1, -0.05) is 30.3 Å². The molecule has 1 aliphatic heterocycles. The van der Waals surface area contributed by atoms with Gasteiger partial charge in [-0.15, -0.1) is 0 Å². The van der Waals surface area contributed by atoms with Gasteiger partial charge >= 0.3 is 0 Å². The van der Waals surface area contributed by atoms with Crippen molar-refractivity contribution in [1.29, 1.82) is 0 Å². The predicted molar refractivity (Wildman–Crippen MR) is 113 cm³/mol. The molecule has 0 aliphatic carbocycles. The molecule has 1 fully saturated rings. The summed E-state index contributed by atoms with van der Waals surface area (Å²) in [6.45, 7) is 3.13. The van der Waals surface area contributed by atoms with Crippen LogP contribution in [0.1, 0.15) is 17.5 Å². The van der Waals surface area contributed by atoms with Gasteiger partial charge in [0.2, 0.25) is 5.91 Å². The first kappa shape index (κ1) is 19.2. The molecule has 1 atom stereocenters. The molecule has 148 valence electrons. The Balaban J connectivity index is 1.47. The smallest absolute Gasteiger partial charge is 0.227 e. The van der Waals surface area contributed by atoms with Gasteiger partial charge in [-0.2, -0.15) is 0 Å². The lowest BCUT2D eigenvalue weighted by Crippen LogP contribution is -2.31. The lowest BCUT2D eigenvalue weighted by molar-refractivity contribution is -0.117. The zero-order chi connectivity index (χ0) is 20.1. The molecule has 0 spiro atoms. The van der Waals surface area contributed by atoms with E-state index in [2.05, 4.69) is 9.88 Å². The summed E-state index contributed by atoms with van der Waals surface area (Å²) >= 11 is 0. The fourth-order valence-corrected chi connectivity index (χ4v) is 3.92. The molecule has 1 aliphatic rings. The minimum absolute atomic E-state index is 0.190. The van der Waals surface area contributed by atoms with Gasteiger partial charge in [0.15, 0.2) is 0 Å². The highest BCUT2D eigenvalue weighted by atomic mass is 16.3. The second-order valence-corrected chi connectivity index (χ2v) is 7.60. The number of benzene rings is 2. The second-order valence-electron chi connectivity index (χ2n) is 7.60. The van der Waals surface area contributed by atoms with Gasteiger partial charge in [0.25, 0.3) is 0 Å². The van der Waals surface area contributed by atoms with E-state index in [1.807, 2.05) is 71.9 Å². The number of phenolic OH excluding ortho intramolecular Hbond substituents is 1. The molecule has 4 rings (SSSR count). The summed E-state index contributed by atoms with van der Waals surface area (Å²) in [5.74, 6) is 0.741. The Labute approximate surface area is 171 Å². The Morgan fingerprint density at radius 1 is 0.931 bits per heavy atom. The number of amides is 1. The van der Waals surface area contributed by atoms with Gasteiger partial charge in [0.1, 0.15) is 5.75 Å². The van der Waals surface area contributed by atoms with Crippen molar-refractivity contribution in [2.45, 2.75) is 19.5 Å². The maximum atomic E-state index is 12.6. The van der Waals surface area contributed by atoms with Crippen LogP contribution in [-0.4, -0.2) is 34.0 Å². The zero-order valence-corrected chi connectivity index (χ0v) is 16.3. The van der Waals surface area contributed by atoms with Gasteiger partial charge in [-0.3, -0.25) is 14.7 Å². The molecule has 0 radical (unpaired) electrons. The number of carbonyl (C=O) groups excluding carboxylic acids is 1. The number of aromatic hydroxyl groups is 1. The summed E-state index contributed by atoms with van der Waals surface area (Å²) in [6, 6.07) is 21.3. The van der Waals surface area contributed by atoms with Crippen LogP contribution in [-0.2, 0) is 17.9 Å². The summed E-state index contributed by atoms with van der Waals surface area (Å²) in [4.78, 5) is 21.0. The molecule has 1 unspecified atom stereocenters. The van der Waals surface area contributed by atoms with E-state index < -0.39 is 0 Å². The Morgan fingerprint density at radius 3 is 2.28 bits per heavy atom. The predicted octanol–water partition coefficient (Wildman–Crippen LogP) is 3.84. The van der Waals surface area contributed by atoms with Crippen LogP contribution in [0.4, 0.5) is 5.69 Å². The van der Waals surface area contributed by atoms with Gasteiger partial charge < -0.3 is 10.0 Å². The topological polar surface area (TPSA) is 56.7 Å². The van der Waals surface area contributed by atoms with Crippen LogP contribution in [0.5, 0.6) is 5.75 Å². The third-order valence-corrected chi connectivity index (χ3v) is 5.29. The van der Waals surface area contributed by atoms with Crippen molar-refractivity contribution < 1.29 is 9.90 Å². The number of hydrogen-bond acceptors (Lipinski definition) is 4. The number of pyridine rings is 1. The number of rotatable bonds is 7. The number of nitrogens with zero attached hydrogens (tertiary/aromatic N) is 3. The third kappa shape index (κ3) is 5.00. The van der Waals surface area contributed by atoms with Crippen molar-refractivity contribution in [2.75, 3.05) is 18.0 Å². The summed E-state index contributed by atoms with van der Waals surface area (Å²) in [5.41, 5.74) is 3.31. The van der Waals surface area contributed by atoms with Gasteiger partial charge in [-0.05, 0) is 53.4 Å². The first-order chi connectivity index (χ1) is 14.2. The number of aromatic nitrogens is 1. The zero-order valence-electron chi connectivity index (χ0n) is 16.3. The normalized spacial score (nSPS) is 16.5. The molecule has 1 saturated heterocycles. The van der Waals surface area contributed by atoms with Crippen molar-refractivity contribution in [3.05, 3.63) is 90.3 Å². The van der Waals surface area contributed by atoms with Crippen molar-refractivity contribution in [3.8, 4) is 5.75 Å². The van der Waals surface area contributed by atoms with E-state index in [1.54, 1.807) is 12.1 Å². The minimum Gasteiger partial charge on any atom is -0.508 e. The van der Waals surface area contributed by atoms with E-state index in [4.69, 9.17) is 0 Å². The summed E-state index contributed by atoms with van der Waals surface area (Å²) in [7, 11) is 0. The van der Waals surface area contributed by atoms with E-state index in [1.165, 1.54) is 5.56 Å². The van der Waals surface area contributed by atoms with Crippen LogP contribution in [0.3, 0.4) is 0 Å². The molecule has 0 saturated carbocycles. The largest absolute Gasteiger partial charge is 0.508 e. The minimum atomic E-state index is 0.190. The monoisotopic (exact) mass is 387 g/mol. The highest BCUT2D eigenvalue weighted by Gasteiger charge is 2.31. The van der Waals surface area contributed by atoms with E-state index in [0.29, 0.717) is 6.42 Å². The Hall–Kier alpha value is -3.18. The van der Waals surface area contributed by atoms with Crippen LogP contribution in [0.2, 0.25) is 0 Å². The summed E-state index contributed by atoms with van der Waals surface area (Å²) in [6.07, 6.45) is 4.19. The molecule has 2 heterocycles. The van der Waals surface area contributed by atoms with Crippen LogP contribution in [0, 0.1) is 5.92 Å². The van der Waals surface area contributed by atoms with E-state index in [-0.39, 0.29) is 17.6 Å². The molecule has 5 heteroatoms. The molecule has 3 aromatic rings. The lowest BCUT2D eigenvalue weighted by atomic mass is 10.1. The third-order valence-electron chi connectivity index (χ3n) is 5.29. The van der Waals surface area contributed by atoms with Crippen LogP contribution >= 0.6 is 0 Å². The van der Waals surface area contributed by atoms with Gasteiger partial charge in [-0.25, -0.2) is 0 Å². The number of hydrogen-bond donors (Lipinski definition) is 1. The molecule has 0 bridgehead atoms. The van der Waals surface area contributed by atoms with E-state index >= 15 is 0 Å². The molecule has 2 aromatic carbocycles.